The average Bonchev–Trinajstić information content (AvgIpc) is 2.82. The highest BCUT2D eigenvalue weighted by atomic mass is 16.3. The van der Waals surface area contributed by atoms with E-state index in [9.17, 15) is 9.90 Å². The molecule has 2 aliphatic rings. The molecule has 0 aromatic carbocycles. The molecule has 1 unspecified atom stereocenters. The van der Waals surface area contributed by atoms with Gasteiger partial charge in [0.1, 0.15) is 11.6 Å². The first kappa shape index (κ1) is 14.3. The number of carbonyl (C=O) groups excluding carboxylic acids is 1. The van der Waals surface area contributed by atoms with Gasteiger partial charge in [0, 0.05) is 43.7 Å². The molecule has 6 heteroatoms. The fraction of sp³-hybridized carbons (Fsp3) is 0.667. The number of aryl methyl sites for hydroxylation is 1. The van der Waals surface area contributed by atoms with E-state index >= 15 is 0 Å². The van der Waals surface area contributed by atoms with Crippen molar-refractivity contribution in [2.45, 2.75) is 51.2 Å². The van der Waals surface area contributed by atoms with Gasteiger partial charge in [0.05, 0.1) is 6.10 Å². The molecule has 2 N–H and O–H groups in total. The van der Waals surface area contributed by atoms with Crippen LogP contribution in [0.1, 0.15) is 43.6 Å². The van der Waals surface area contributed by atoms with Crippen molar-refractivity contribution in [2.24, 2.45) is 0 Å². The lowest BCUT2D eigenvalue weighted by Gasteiger charge is -2.31. The van der Waals surface area contributed by atoms with Crippen LogP contribution in [-0.4, -0.2) is 46.2 Å². The summed E-state index contributed by atoms with van der Waals surface area (Å²) in [5.74, 6) is 2.08. The maximum absolute atomic E-state index is 11.1. The molecule has 1 aliphatic carbocycles. The van der Waals surface area contributed by atoms with Gasteiger partial charge in [0.15, 0.2) is 0 Å². The second-order valence-electron chi connectivity index (χ2n) is 6.15. The van der Waals surface area contributed by atoms with Crippen molar-refractivity contribution in [3.8, 4) is 0 Å². The molecule has 1 saturated carbocycles. The van der Waals surface area contributed by atoms with Crippen molar-refractivity contribution in [2.75, 3.05) is 18.0 Å². The Labute approximate surface area is 124 Å². The monoisotopic (exact) mass is 290 g/mol. The van der Waals surface area contributed by atoms with Crippen molar-refractivity contribution in [1.29, 1.82) is 0 Å². The predicted molar refractivity (Wildman–Crippen MR) is 79.2 cm³/mol. The lowest BCUT2D eigenvalue weighted by molar-refractivity contribution is -0.119. The summed E-state index contributed by atoms with van der Waals surface area (Å²) in [6.45, 7) is 5.15. The van der Waals surface area contributed by atoms with Gasteiger partial charge in [-0.15, -0.1) is 0 Å². The van der Waals surface area contributed by atoms with E-state index in [1.165, 1.54) is 0 Å². The lowest BCUT2D eigenvalue weighted by atomic mass is 9.80. The van der Waals surface area contributed by atoms with Gasteiger partial charge in [-0.3, -0.25) is 4.79 Å². The standard InChI is InChI=1S/C15H22N4O2/c1-9-16-14(11-5-13(21)6-11)7-15(17-9)19-4-3-12(8-19)18-10(2)20/h7,11-13,21H,3-6,8H2,1-2H3,(H,18,20). The molecule has 0 radical (unpaired) electrons. The Hall–Kier alpha value is -1.69. The quantitative estimate of drug-likeness (QED) is 0.858. The van der Waals surface area contributed by atoms with Crippen LogP contribution in [0.25, 0.3) is 0 Å². The first-order chi connectivity index (χ1) is 10.0. The van der Waals surface area contributed by atoms with Gasteiger partial charge in [-0.25, -0.2) is 9.97 Å². The smallest absolute Gasteiger partial charge is 0.217 e. The normalized spacial score (nSPS) is 28.3. The number of amides is 1. The predicted octanol–water partition coefficient (Wildman–Crippen LogP) is 0.738. The highest BCUT2D eigenvalue weighted by Crippen LogP contribution is 2.36. The van der Waals surface area contributed by atoms with E-state index in [0.717, 1.165) is 49.7 Å². The number of rotatable bonds is 3. The van der Waals surface area contributed by atoms with E-state index in [4.69, 9.17) is 0 Å². The molecule has 0 bridgehead atoms. The molecule has 6 nitrogen and oxygen atoms in total. The molecule has 0 spiro atoms. The maximum Gasteiger partial charge on any atom is 0.217 e. The summed E-state index contributed by atoms with van der Waals surface area (Å²) in [7, 11) is 0. The highest BCUT2D eigenvalue weighted by molar-refractivity contribution is 5.73. The number of aromatic nitrogens is 2. The first-order valence-corrected chi connectivity index (χ1v) is 7.57. The van der Waals surface area contributed by atoms with Crippen LogP contribution >= 0.6 is 0 Å². The van der Waals surface area contributed by atoms with Crippen molar-refractivity contribution >= 4 is 11.7 Å². The largest absolute Gasteiger partial charge is 0.393 e. The summed E-state index contributed by atoms with van der Waals surface area (Å²) >= 11 is 0. The summed E-state index contributed by atoms with van der Waals surface area (Å²) in [4.78, 5) is 22.4. The Kier molecular flexibility index (Phi) is 3.80. The summed E-state index contributed by atoms with van der Waals surface area (Å²) in [5, 5.41) is 12.4. The summed E-state index contributed by atoms with van der Waals surface area (Å²) in [6.07, 6.45) is 2.36. The summed E-state index contributed by atoms with van der Waals surface area (Å²) < 4.78 is 0. The zero-order valence-electron chi connectivity index (χ0n) is 12.5. The molecular weight excluding hydrogens is 268 g/mol. The number of carbonyl (C=O) groups is 1. The van der Waals surface area contributed by atoms with E-state index in [2.05, 4.69) is 20.2 Å². The fourth-order valence-electron chi connectivity index (χ4n) is 3.15. The number of nitrogens with one attached hydrogen (secondary N) is 1. The topological polar surface area (TPSA) is 78.4 Å². The molecule has 1 amide bonds. The van der Waals surface area contributed by atoms with Crippen LogP contribution < -0.4 is 10.2 Å². The van der Waals surface area contributed by atoms with Crippen LogP contribution in [0.5, 0.6) is 0 Å². The molecule has 1 aromatic rings. The van der Waals surface area contributed by atoms with Gasteiger partial charge in [0.25, 0.3) is 0 Å². The van der Waals surface area contributed by atoms with Crippen LogP contribution in [0.15, 0.2) is 6.07 Å². The van der Waals surface area contributed by atoms with E-state index < -0.39 is 0 Å². The molecule has 1 aromatic heterocycles. The minimum Gasteiger partial charge on any atom is -0.393 e. The van der Waals surface area contributed by atoms with Gasteiger partial charge < -0.3 is 15.3 Å². The fourth-order valence-corrected chi connectivity index (χ4v) is 3.15. The van der Waals surface area contributed by atoms with Crippen LogP contribution in [0.3, 0.4) is 0 Å². The molecule has 1 saturated heterocycles. The van der Waals surface area contributed by atoms with Gasteiger partial charge in [-0.05, 0) is 26.2 Å². The van der Waals surface area contributed by atoms with Crippen molar-refractivity contribution in [3.05, 3.63) is 17.6 Å². The third kappa shape index (κ3) is 3.15. The van der Waals surface area contributed by atoms with Gasteiger partial charge in [0.2, 0.25) is 5.91 Å². The zero-order chi connectivity index (χ0) is 15.0. The number of hydrogen-bond donors (Lipinski definition) is 2. The lowest BCUT2D eigenvalue weighted by Crippen LogP contribution is -2.35. The maximum atomic E-state index is 11.1. The second-order valence-corrected chi connectivity index (χ2v) is 6.15. The molecule has 2 heterocycles. The zero-order valence-corrected chi connectivity index (χ0v) is 12.5. The molecular formula is C15H22N4O2. The Morgan fingerprint density at radius 1 is 1.43 bits per heavy atom. The third-order valence-electron chi connectivity index (χ3n) is 4.30. The van der Waals surface area contributed by atoms with E-state index in [1.54, 1.807) is 6.92 Å². The second kappa shape index (κ2) is 5.60. The highest BCUT2D eigenvalue weighted by Gasteiger charge is 2.31. The first-order valence-electron chi connectivity index (χ1n) is 7.57. The molecule has 2 fully saturated rings. The molecule has 1 atom stereocenters. The van der Waals surface area contributed by atoms with E-state index in [0.29, 0.717) is 5.92 Å². The Balaban J connectivity index is 1.72. The number of aliphatic hydroxyl groups is 1. The molecule has 21 heavy (non-hydrogen) atoms. The van der Waals surface area contributed by atoms with Gasteiger partial charge in [-0.2, -0.15) is 0 Å². The van der Waals surface area contributed by atoms with Gasteiger partial charge in [-0.1, -0.05) is 0 Å². The van der Waals surface area contributed by atoms with Crippen molar-refractivity contribution < 1.29 is 9.90 Å². The van der Waals surface area contributed by atoms with Crippen LogP contribution in [0, 0.1) is 6.92 Å². The summed E-state index contributed by atoms with van der Waals surface area (Å²) in [5.41, 5.74) is 1.03. The SMILES string of the molecule is CC(=O)NC1CCN(c2cc(C3CC(O)C3)nc(C)n2)C1. The van der Waals surface area contributed by atoms with Crippen LogP contribution in [0.2, 0.25) is 0 Å². The Bertz CT molecular complexity index is 542. The number of anilines is 1. The van der Waals surface area contributed by atoms with E-state index in [1.807, 2.05) is 13.0 Å². The number of hydrogen-bond acceptors (Lipinski definition) is 5. The summed E-state index contributed by atoms with van der Waals surface area (Å²) in [6, 6.07) is 2.24. The van der Waals surface area contributed by atoms with Crippen molar-refractivity contribution in [3.63, 3.8) is 0 Å². The molecule has 3 rings (SSSR count). The van der Waals surface area contributed by atoms with Crippen LogP contribution in [0.4, 0.5) is 5.82 Å². The van der Waals surface area contributed by atoms with Gasteiger partial charge >= 0.3 is 0 Å². The van der Waals surface area contributed by atoms with Crippen molar-refractivity contribution in [1.82, 2.24) is 15.3 Å². The van der Waals surface area contributed by atoms with E-state index in [-0.39, 0.29) is 18.1 Å². The average molecular weight is 290 g/mol. The number of nitrogens with zero attached hydrogens (tertiary/aromatic N) is 3. The Morgan fingerprint density at radius 2 is 2.19 bits per heavy atom. The third-order valence-corrected chi connectivity index (χ3v) is 4.30. The van der Waals surface area contributed by atoms with Crippen LogP contribution in [-0.2, 0) is 4.79 Å². The minimum atomic E-state index is -0.176. The Morgan fingerprint density at radius 3 is 2.86 bits per heavy atom. The molecule has 1 aliphatic heterocycles. The minimum absolute atomic E-state index is 0.0184. The molecule has 114 valence electrons. The number of aliphatic hydroxyl groups excluding tert-OH is 1.